The molecule has 0 aliphatic carbocycles. The van der Waals surface area contributed by atoms with Crippen molar-refractivity contribution in [3.05, 3.63) is 27.7 Å². The highest BCUT2D eigenvalue weighted by molar-refractivity contribution is 9.10. The number of halogens is 2. The van der Waals surface area contributed by atoms with E-state index in [0.29, 0.717) is 11.6 Å². The molecule has 1 rings (SSSR count). The summed E-state index contributed by atoms with van der Waals surface area (Å²) in [7, 11) is -3.09. The molecule has 0 atom stereocenters. The maximum Gasteiger partial charge on any atom is 0.156 e. The van der Waals surface area contributed by atoms with E-state index in [1.54, 1.807) is 26.8 Å². The maximum atomic E-state index is 11.9. The molecular formula is C12H17BrClNO2S. The predicted octanol–water partition coefficient (Wildman–Crippen LogP) is 3.73. The van der Waals surface area contributed by atoms with Gasteiger partial charge in [-0.05, 0) is 54.9 Å². The average molecular weight is 355 g/mol. The highest BCUT2D eigenvalue weighted by Crippen LogP contribution is 2.25. The number of nitrogens with one attached hydrogen (secondary N) is 1. The van der Waals surface area contributed by atoms with E-state index >= 15 is 0 Å². The molecule has 0 saturated heterocycles. The van der Waals surface area contributed by atoms with Crippen LogP contribution in [0, 0.1) is 0 Å². The first-order chi connectivity index (χ1) is 8.13. The number of rotatable bonds is 4. The van der Waals surface area contributed by atoms with E-state index in [1.807, 2.05) is 12.1 Å². The van der Waals surface area contributed by atoms with E-state index in [9.17, 15) is 8.42 Å². The molecule has 1 aromatic carbocycles. The molecular weight excluding hydrogens is 338 g/mol. The summed E-state index contributed by atoms with van der Waals surface area (Å²) in [6.45, 7) is 5.51. The van der Waals surface area contributed by atoms with E-state index in [-0.39, 0.29) is 5.75 Å². The fourth-order valence-electron chi connectivity index (χ4n) is 1.24. The molecule has 0 aromatic heterocycles. The normalized spacial score (nSPS) is 12.5. The van der Waals surface area contributed by atoms with Crippen molar-refractivity contribution in [1.29, 1.82) is 0 Å². The summed E-state index contributed by atoms with van der Waals surface area (Å²) in [4.78, 5) is 0. The van der Waals surface area contributed by atoms with Crippen molar-refractivity contribution in [3.63, 3.8) is 0 Å². The van der Waals surface area contributed by atoms with Crippen molar-refractivity contribution in [3.8, 4) is 0 Å². The van der Waals surface area contributed by atoms with Crippen LogP contribution in [0.3, 0.4) is 0 Å². The molecule has 6 heteroatoms. The van der Waals surface area contributed by atoms with Gasteiger partial charge in [0, 0.05) is 16.7 Å². The highest BCUT2D eigenvalue weighted by atomic mass is 79.9. The van der Waals surface area contributed by atoms with Gasteiger partial charge in [-0.2, -0.15) is 0 Å². The van der Waals surface area contributed by atoms with Gasteiger partial charge in [-0.25, -0.2) is 8.42 Å². The second kappa shape index (κ2) is 5.80. The van der Waals surface area contributed by atoms with Crippen LogP contribution in [0.25, 0.3) is 0 Å². The summed E-state index contributed by atoms with van der Waals surface area (Å²) in [5.74, 6) is 0.108. The van der Waals surface area contributed by atoms with Crippen LogP contribution < -0.4 is 5.32 Å². The van der Waals surface area contributed by atoms with E-state index in [0.717, 1.165) is 10.2 Å². The minimum absolute atomic E-state index is 0.108. The summed E-state index contributed by atoms with van der Waals surface area (Å²) in [6.07, 6.45) is 0. The van der Waals surface area contributed by atoms with Gasteiger partial charge in [0.1, 0.15) is 0 Å². The van der Waals surface area contributed by atoms with Gasteiger partial charge in [-0.3, -0.25) is 0 Å². The molecule has 0 bridgehead atoms. The lowest BCUT2D eigenvalue weighted by Crippen LogP contribution is -2.32. The molecule has 0 amide bonds. The van der Waals surface area contributed by atoms with Gasteiger partial charge in [-0.15, -0.1) is 0 Å². The SMILES string of the molecule is CC(C)(C)S(=O)(=O)CCNc1ccc(Cl)c(Br)c1. The van der Waals surface area contributed by atoms with E-state index in [2.05, 4.69) is 21.2 Å². The van der Waals surface area contributed by atoms with Crippen LogP contribution in [0.15, 0.2) is 22.7 Å². The number of hydrogen-bond donors (Lipinski definition) is 1. The molecule has 0 radical (unpaired) electrons. The Bertz CT molecular complexity index is 523. The Hall–Kier alpha value is -0.260. The Morgan fingerprint density at radius 2 is 1.94 bits per heavy atom. The lowest BCUT2D eigenvalue weighted by atomic mass is 10.3. The largest absolute Gasteiger partial charge is 0.384 e. The van der Waals surface area contributed by atoms with Crippen LogP contribution in [0.4, 0.5) is 5.69 Å². The quantitative estimate of drug-likeness (QED) is 0.896. The van der Waals surface area contributed by atoms with E-state index in [1.165, 1.54) is 0 Å². The van der Waals surface area contributed by atoms with Crippen molar-refractivity contribution in [2.24, 2.45) is 0 Å². The van der Waals surface area contributed by atoms with Crippen LogP contribution in [0.5, 0.6) is 0 Å². The topological polar surface area (TPSA) is 46.2 Å². The zero-order valence-corrected chi connectivity index (χ0v) is 13.8. The second-order valence-electron chi connectivity index (χ2n) is 4.99. The minimum atomic E-state index is -3.09. The Labute approximate surface area is 122 Å². The Balaban J connectivity index is 2.60. The molecule has 3 nitrogen and oxygen atoms in total. The monoisotopic (exact) mass is 353 g/mol. The van der Waals surface area contributed by atoms with Gasteiger partial charge in [0.05, 0.1) is 15.5 Å². The zero-order valence-electron chi connectivity index (χ0n) is 10.6. The van der Waals surface area contributed by atoms with Gasteiger partial charge in [0.25, 0.3) is 0 Å². The van der Waals surface area contributed by atoms with Gasteiger partial charge < -0.3 is 5.32 Å². The van der Waals surface area contributed by atoms with Crippen molar-refractivity contribution < 1.29 is 8.42 Å². The fraction of sp³-hybridized carbons (Fsp3) is 0.500. The standard InChI is InChI=1S/C12H17BrClNO2S/c1-12(2,3)18(16,17)7-6-15-9-4-5-11(14)10(13)8-9/h4-5,8,15H,6-7H2,1-3H3. The lowest BCUT2D eigenvalue weighted by molar-refractivity contribution is 0.560. The van der Waals surface area contributed by atoms with Crippen LogP contribution in [0.2, 0.25) is 5.02 Å². The third-order valence-corrected chi connectivity index (χ3v) is 6.37. The number of benzene rings is 1. The molecule has 0 fully saturated rings. The third-order valence-electron chi connectivity index (χ3n) is 2.55. The van der Waals surface area contributed by atoms with Crippen LogP contribution >= 0.6 is 27.5 Å². The number of hydrogen-bond acceptors (Lipinski definition) is 3. The first kappa shape index (κ1) is 15.8. The predicted molar refractivity (Wildman–Crippen MR) is 81.2 cm³/mol. The number of anilines is 1. The number of sulfone groups is 1. The smallest absolute Gasteiger partial charge is 0.156 e. The molecule has 0 aliphatic rings. The molecule has 1 aromatic rings. The summed E-state index contributed by atoms with van der Waals surface area (Å²) in [5, 5.41) is 3.70. The minimum Gasteiger partial charge on any atom is -0.384 e. The van der Waals surface area contributed by atoms with Crippen LogP contribution in [0.1, 0.15) is 20.8 Å². The molecule has 18 heavy (non-hydrogen) atoms. The molecule has 102 valence electrons. The second-order valence-corrected chi connectivity index (χ2v) is 9.11. The molecule has 1 N–H and O–H groups in total. The first-order valence-electron chi connectivity index (χ1n) is 5.55. The van der Waals surface area contributed by atoms with Gasteiger partial charge in [0.15, 0.2) is 9.84 Å². The molecule has 0 aliphatic heterocycles. The van der Waals surface area contributed by atoms with E-state index in [4.69, 9.17) is 11.6 Å². The van der Waals surface area contributed by atoms with Gasteiger partial charge in [0.2, 0.25) is 0 Å². The molecule has 0 spiro atoms. The van der Waals surface area contributed by atoms with E-state index < -0.39 is 14.6 Å². The van der Waals surface area contributed by atoms with Gasteiger partial charge in [-0.1, -0.05) is 11.6 Å². The van der Waals surface area contributed by atoms with Crippen molar-refractivity contribution in [1.82, 2.24) is 0 Å². The summed E-state index contributed by atoms with van der Waals surface area (Å²) >= 11 is 9.20. The fourth-order valence-corrected chi connectivity index (χ4v) is 2.72. The van der Waals surface area contributed by atoms with Crippen LogP contribution in [-0.4, -0.2) is 25.5 Å². The van der Waals surface area contributed by atoms with Crippen molar-refractivity contribution in [2.45, 2.75) is 25.5 Å². The summed E-state index contributed by atoms with van der Waals surface area (Å²) in [5.41, 5.74) is 0.843. The Morgan fingerprint density at radius 1 is 1.33 bits per heavy atom. The van der Waals surface area contributed by atoms with Crippen molar-refractivity contribution in [2.75, 3.05) is 17.6 Å². The first-order valence-corrected chi connectivity index (χ1v) is 8.37. The lowest BCUT2D eigenvalue weighted by Gasteiger charge is -2.19. The Morgan fingerprint density at radius 3 is 2.44 bits per heavy atom. The molecule has 0 heterocycles. The van der Waals surface area contributed by atoms with Crippen LogP contribution in [-0.2, 0) is 9.84 Å². The maximum absolute atomic E-state index is 11.9. The molecule has 0 unspecified atom stereocenters. The average Bonchev–Trinajstić information content (AvgIpc) is 2.21. The highest BCUT2D eigenvalue weighted by Gasteiger charge is 2.28. The summed E-state index contributed by atoms with van der Waals surface area (Å²) in [6, 6.07) is 5.40. The Kier molecular flexibility index (Phi) is 5.09. The third kappa shape index (κ3) is 4.14. The zero-order chi connectivity index (χ0) is 14.0. The van der Waals surface area contributed by atoms with Crippen molar-refractivity contribution >= 4 is 43.1 Å². The van der Waals surface area contributed by atoms with Gasteiger partial charge >= 0.3 is 0 Å². The summed E-state index contributed by atoms with van der Waals surface area (Å²) < 4.78 is 23.9. The molecule has 0 saturated carbocycles.